The first kappa shape index (κ1) is 24.2. The summed E-state index contributed by atoms with van der Waals surface area (Å²) in [5.74, 6) is 0.611. The van der Waals surface area contributed by atoms with E-state index >= 15 is 0 Å². The number of hydrogen-bond acceptors (Lipinski definition) is 4. The van der Waals surface area contributed by atoms with Crippen LogP contribution in [0.25, 0.3) is 44.5 Å². The molecule has 2 aliphatic rings. The van der Waals surface area contributed by atoms with Gasteiger partial charge < -0.3 is 14.3 Å². The van der Waals surface area contributed by atoms with Gasteiger partial charge in [0.15, 0.2) is 0 Å². The molecule has 1 atom stereocenters. The zero-order valence-electron chi connectivity index (χ0n) is 21.1. The van der Waals surface area contributed by atoms with Crippen LogP contribution in [0.1, 0.15) is 24.8 Å². The first-order valence-corrected chi connectivity index (χ1v) is 13.2. The number of hydrogen-bond donors (Lipinski definition) is 1. The first-order valence-electron chi connectivity index (χ1n) is 13.2. The lowest BCUT2D eigenvalue weighted by molar-refractivity contribution is -0.136. The second-order valence-corrected chi connectivity index (χ2v) is 10.8. The minimum absolute atomic E-state index is 0.0112. The molecule has 39 heavy (non-hydrogen) atoms. The van der Waals surface area contributed by atoms with Crippen LogP contribution < -0.4 is 5.32 Å². The van der Waals surface area contributed by atoms with E-state index in [1.165, 1.54) is 6.07 Å². The minimum atomic E-state index is -4.55. The molecule has 5 nitrogen and oxygen atoms in total. The van der Waals surface area contributed by atoms with Crippen molar-refractivity contribution in [1.82, 2.24) is 14.9 Å². The van der Waals surface area contributed by atoms with Gasteiger partial charge >= 0.3 is 6.18 Å². The third-order valence-electron chi connectivity index (χ3n) is 8.18. The number of ketones is 1. The third kappa shape index (κ3) is 4.14. The fourth-order valence-corrected chi connectivity index (χ4v) is 5.99. The Balaban J connectivity index is 1.36. The van der Waals surface area contributed by atoms with Gasteiger partial charge in [0.25, 0.3) is 0 Å². The van der Waals surface area contributed by atoms with Crippen LogP contribution in [0.2, 0.25) is 0 Å². The van der Waals surface area contributed by atoms with Crippen molar-refractivity contribution in [2.45, 2.75) is 32.0 Å². The molecule has 8 heteroatoms. The van der Waals surface area contributed by atoms with E-state index in [-0.39, 0.29) is 29.3 Å². The first-order chi connectivity index (χ1) is 18.8. The van der Waals surface area contributed by atoms with E-state index < -0.39 is 17.2 Å². The highest BCUT2D eigenvalue weighted by Gasteiger charge is 2.48. The predicted molar refractivity (Wildman–Crippen MR) is 143 cm³/mol. The molecule has 0 spiro atoms. The molecular formula is C31H26F3N3O2. The van der Waals surface area contributed by atoms with Gasteiger partial charge in [0.05, 0.1) is 28.3 Å². The number of alkyl halides is 3. The number of nitrogens with zero attached hydrogens (tertiary/aromatic N) is 2. The van der Waals surface area contributed by atoms with E-state index in [1.807, 2.05) is 48.5 Å². The van der Waals surface area contributed by atoms with Crippen molar-refractivity contribution >= 4 is 27.8 Å². The van der Waals surface area contributed by atoms with Gasteiger partial charge in [0.1, 0.15) is 17.2 Å². The molecule has 0 bridgehead atoms. The number of carbonyl (C=O) groups excluding carboxylic acids is 1. The summed E-state index contributed by atoms with van der Waals surface area (Å²) < 4.78 is 49.7. The molecular weight excluding hydrogens is 503 g/mol. The van der Waals surface area contributed by atoms with Gasteiger partial charge in [-0.05, 0) is 67.3 Å². The lowest BCUT2D eigenvalue weighted by Crippen LogP contribution is -2.39. The molecule has 0 amide bonds. The van der Waals surface area contributed by atoms with E-state index in [2.05, 4.69) is 5.32 Å². The predicted octanol–water partition coefficient (Wildman–Crippen LogP) is 7.09. The van der Waals surface area contributed by atoms with E-state index in [1.54, 1.807) is 16.9 Å². The van der Waals surface area contributed by atoms with Crippen LogP contribution in [-0.2, 0) is 17.5 Å². The molecule has 1 aliphatic carbocycles. The fraction of sp³-hybridized carbons (Fsp3) is 0.290. The van der Waals surface area contributed by atoms with Gasteiger partial charge in [-0.2, -0.15) is 13.2 Å². The van der Waals surface area contributed by atoms with Gasteiger partial charge in [-0.1, -0.05) is 36.4 Å². The molecule has 1 saturated carbocycles. The Hall–Kier alpha value is -3.91. The second-order valence-electron chi connectivity index (χ2n) is 10.8. The van der Waals surface area contributed by atoms with Crippen LogP contribution in [0.15, 0.2) is 77.4 Å². The summed E-state index contributed by atoms with van der Waals surface area (Å²) in [7, 11) is 0. The molecule has 1 saturated heterocycles. The summed E-state index contributed by atoms with van der Waals surface area (Å²) >= 11 is 0. The summed E-state index contributed by atoms with van der Waals surface area (Å²) in [5, 5.41) is 4.29. The number of imidazole rings is 1. The van der Waals surface area contributed by atoms with Crippen LogP contribution in [0, 0.1) is 11.3 Å². The highest BCUT2D eigenvalue weighted by molar-refractivity contribution is 5.90. The largest absolute Gasteiger partial charge is 0.464 e. The Morgan fingerprint density at radius 2 is 1.79 bits per heavy atom. The van der Waals surface area contributed by atoms with Crippen molar-refractivity contribution in [2.24, 2.45) is 11.3 Å². The van der Waals surface area contributed by atoms with Gasteiger partial charge in [0, 0.05) is 30.0 Å². The van der Waals surface area contributed by atoms with Crippen molar-refractivity contribution in [3.63, 3.8) is 0 Å². The van der Waals surface area contributed by atoms with Crippen molar-refractivity contribution in [2.75, 3.05) is 13.1 Å². The zero-order valence-corrected chi connectivity index (χ0v) is 21.1. The maximum atomic E-state index is 14.2. The molecule has 198 valence electrons. The number of Topliss-reactive ketones (excluding diaryl/α,β-unsaturated/α-hetero) is 1. The van der Waals surface area contributed by atoms with Crippen molar-refractivity contribution in [3.8, 4) is 22.5 Å². The summed E-state index contributed by atoms with van der Waals surface area (Å²) in [5.41, 5.74) is 2.31. The van der Waals surface area contributed by atoms with Crippen molar-refractivity contribution in [3.05, 3.63) is 78.6 Å². The minimum Gasteiger partial charge on any atom is -0.464 e. The smallest absolute Gasteiger partial charge is 0.418 e. The molecule has 2 aromatic heterocycles. The number of aromatic nitrogens is 2. The summed E-state index contributed by atoms with van der Waals surface area (Å²) in [6.07, 6.45) is -0.579. The molecule has 3 heterocycles. The Labute approximate surface area is 222 Å². The molecule has 1 aliphatic heterocycles. The van der Waals surface area contributed by atoms with Crippen LogP contribution in [0.3, 0.4) is 0 Å². The third-order valence-corrected chi connectivity index (χ3v) is 8.18. The van der Waals surface area contributed by atoms with Crippen LogP contribution in [-0.4, -0.2) is 28.4 Å². The van der Waals surface area contributed by atoms with E-state index in [0.717, 1.165) is 41.0 Å². The highest BCUT2D eigenvalue weighted by Crippen LogP contribution is 2.44. The number of para-hydroxylation sites is 1. The lowest BCUT2D eigenvalue weighted by atomic mass is 9.80. The Bertz CT molecular complexity index is 1710. The van der Waals surface area contributed by atoms with E-state index in [0.29, 0.717) is 30.9 Å². The monoisotopic (exact) mass is 529 g/mol. The topological polar surface area (TPSA) is 60.1 Å². The second kappa shape index (κ2) is 8.81. The lowest BCUT2D eigenvalue weighted by Gasteiger charge is -2.29. The molecule has 0 radical (unpaired) electrons. The van der Waals surface area contributed by atoms with Crippen LogP contribution in [0.4, 0.5) is 13.2 Å². The van der Waals surface area contributed by atoms with Crippen LogP contribution >= 0.6 is 0 Å². The molecule has 7 rings (SSSR count). The summed E-state index contributed by atoms with van der Waals surface area (Å²) in [4.78, 5) is 18.2. The molecule has 5 aromatic rings. The maximum absolute atomic E-state index is 14.2. The number of carbonyl (C=O) groups is 1. The number of halogens is 3. The number of nitrogens with one attached hydrogen (secondary N) is 1. The average Bonchev–Trinajstić information content (AvgIpc) is 3.31. The molecule has 0 unspecified atom stereocenters. The number of furan rings is 1. The van der Waals surface area contributed by atoms with Crippen LogP contribution in [0.5, 0.6) is 0 Å². The van der Waals surface area contributed by atoms with Gasteiger partial charge in [-0.3, -0.25) is 4.79 Å². The fourth-order valence-electron chi connectivity index (χ4n) is 5.99. The van der Waals surface area contributed by atoms with Crippen molar-refractivity contribution < 1.29 is 22.4 Å². The Morgan fingerprint density at radius 1 is 1.03 bits per heavy atom. The van der Waals surface area contributed by atoms with Gasteiger partial charge in [0.2, 0.25) is 0 Å². The summed E-state index contributed by atoms with van der Waals surface area (Å²) in [6, 6.07) is 19.6. The quantitative estimate of drug-likeness (QED) is 0.255. The average molecular weight is 530 g/mol. The Morgan fingerprint density at radius 3 is 2.51 bits per heavy atom. The maximum Gasteiger partial charge on any atom is 0.418 e. The van der Waals surface area contributed by atoms with E-state index in [4.69, 9.17) is 9.40 Å². The summed E-state index contributed by atoms with van der Waals surface area (Å²) in [6.45, 7) is 1.29. The number of rotatable bonds is 6. The molecule has 1 N–H and O–H groups in total. The Kier molecular flexibility index (Phi) is 5.46. The normalized spacial score (nSPS) is 19.8. The number of fused-ring (bicyclic) bond motifs is 2. The van der Waals surface area contributed by atoms with Gasteiger partial charge in [-0.25, -0.2) is 4.98 Å². The molecule has 2 fully saturated rings. The SMILES string of the molecule is O=C(C1CC1)[C@@]1(Cn2c(-c3ccc(-c4ccc5occc5c4)cc3)nc3cccc(C(F)(F)F)c32)CCNC1. The van der Waals surface area contributed by atoms with Crippen molar-refractivity contribution in [1.29, 1.82) is 0 Å². The molecule has 3 aromatic carbocycles. The zero-order chi connectivity index (χ0) is 26.8. The van der Waals surface area contributed by atoms with Gasteiger partial charge in [-0.15, -0.1) is 0 Å². The number of benzene rings is 3. The highest BCUT2D eigenvalue weighted by atomic mass is 19.4. The van der Waals surface area contributed by atoms with E-state index in [9.17, 15) is 18.0 Å². The standard InChI is InChI=1S/C31H26F3N3O2/c32-31(33,34)24-2-1-3-25-27(24)37(18-30(13-14-35-17-30)28(38)20-6-7-20)29(36-25)21-8-4-19(5-9-21)22-10-11-26-23(16-22)12-15-39-26/h1-5,8-12,15-16,20,35H,6-7,13-14,17-18H2/t30-/m0/s1.